The number of methoxy groups -OCH3 is 1. The Morgan fingerprint density at radius 3 is 2.38 bits per heavy atom. The third-order valence-electron chi connectivity index (χ3n) is 2.23. The molecule has 1 aromatic carbocycles. The van der Waals surface area contributed by atoms with Crippen molar-refractivity contribution in [2.24, 2.45) is 0 Å². The van der Waals surface area contributed by atoms with Gasteiger partial charge in [0.1, 0.15) is 12.1 Å². The largest absolute Gasteiger partial charge is 0.480 e. The lowest BCUT2D eigenvalue weighted by Crippen LogP contribution is -1.99. The number of aromatic nitrogens is 2. The molecule has 0 saturated heterocycles. The number of hydrogen-bond acceptors (Lipinski definition) is 5. The van der Waals surface area contributed by atoms with E-state index in [1.165, 1.54) is 6.33 Å². The number of ether oxygens (including phenoxy) is 1. The quantitative estimate of drug-likeness (QED) is 0.739. The van der Waals surface area contributed by atoms with Crippen molar-refractivity contribution >= 4 is 11.5 Å². The molecule has 16 heavy (non-hydrogen) atoms. The van der Waals surface area contributed by atoms with Crippen LogP contribution >= 0.6 is 0 Å². The summed E-state index contributed by atoms with van der Waals surface area (Å²) in [6.07, 6.45) is 1.37. The van der Waals surface area contributed by atoms with Crippen molar-refractivity contribution in [2.75, 3.05) is 18.6 Å². The average molecular weight is 216 g/mol. The molecule has 0 fully saturated rings. The maximum absolute atomic E-state index is 5.80. The van der Waals surface area contributed by atoms with E-state index in [0.717, 1.165) is 5.56 Å². The molecule has 0 unspecified atom stereocenters. The van der Waals surface area contributed by atoms with Gasteiger partial charge in [0.2, 0.25) is 5.88 Å². The number of nitrogens with zero attached hydrogens (tertiary/aromatic N) is 2. The molecule has 0 aliphatic carbocycles. The lowest BCUT2D eigenvalue weighted by atomic mass is 10.1. The highest BCUT2D eigenvalue weighted by Gasteiger charge is 2.11. The second-order valence-corrected chi connectivity index (χ2v) is 3.27. The second kappa shape index (κ2) is 4.06. The molecule has 1 aromatic heterocycles. The second-order valence-electron chi connectivity index (χ2n) is 3.27. The summed E-state index contributed by atoms with van der Waals surface area (Å²) in [5.41, 5.74) is 13.7. The van der Waals surface area contributed by atoms with Crippen molar-refractivity contribution in [3.05, 3.63) is 30.6 Å². The van der Waals surface area contributed by atoms with Crippen molar-refractivity contribution < 1.29 is 4.74 Å². The van der Waals surface area contributed by atoms with E-state index >= 15 is 0 Å². The van der Waals surface area contributed by atoms with Gasteiger partial charge in [-0.1, -0.05) is 12.1 Å². The zero-order valence-corrected chi connectivity index (χ0v) is 8.84. The number of benzene rings is 1. The maximum Gasteiger partial charge on any atom is 0.226 e. The monoisotopic (exact) mass is 216 g/mol. The minimum Gasteiger partial charge on any atom is -0.480 e. The molecule has 1 heterocycles. The van der Waals surface area contributed by atoms with Gasteiger partial charge in [-0.2, -0.15) is 0 Å². The minimum absolute atomic E-state index is 0.386. The number of nitrogens with two attached hydrogens (primary N) is 2. The van der Waals surface area contributed by atoms with Crippen molar-refractivity contribution in [1.29, 1.82) is 0 Å². The fourth-order valence-corrected chi connectivity index (χ4v) is 1.46. The van der Waals surface area contributed by atoms with Gasteiger partial charge in [0.05, 0.1) is 12.7 Å². The highest BCUT2D eigenvalue weighted by Crippen LogP contribution is 2.31. The van der Waals surface area contributed by atoms with E-state index < -0.39 is 0 Å². The number of rotatable bonds is 2. The van der Waals surface area contributed by atoms with E-state index in [1.54, 1.807) is 19.2 Å². The van der Waals surface area contributed by atoms with Crippen molar-refractivity contribution in [3.8, 4) is 17.0 Å². The fraction of sp³-hybridized carbons (Fsp3) is 0.0909. The molecule has 2 rings (SSSR count). The van der Waals surface area contributed by atoms with E-state index in [2.05, 4.69) is 9.97 Å². The Hall–Kier alpha value is -2.30. The molecule has 5 heteroatoms. The fourth-order valence-electron chi connectivity index (χ4n) is 1.46. The Balaban J connectivity index is 2.58. The molecule has 0 radical (unpaired) electrons. The van der Waals surface area contributed by atoms with Gasteiger partial charge in [-0.3, -0.25) is 0 Å². The van der Waals surface area contributed by atoms with E-state index in [0.29, 0.717) is 22.9 Å². The highest BCUT2D eigenvalue weighted by molar-refractivity contribution is 5.78. The van der Waals surface area contributed by atoms with E-state index in [4.69, 9.17) is 16.2 Å². The van der Waals surface area contributed by atoms with Gasteiger partial charge >= 0.3 is 0 Å². The first-order valence-electron chi connectivity index (χ1n) is 4.72. The first-order valence-corrected chi connectivity index (χ1v) is 4.72. The van der Waals surface area contributed by atoms with E-state index in [1.807, 2.05) is 12.1 Å². The molecule has 5 nitrogen and oxygen atoms in total. The summed E-state index contributed by atoms with van der Waals surface area (Å²) in [5.74, 6) is 0.842. The first-order chi connectivity index (χ1) is 7.72. The molecule has 0 aliphatic heterocycles. The summed E-state index contributed by atoms with van der Waals surface area (Å²) in [6, 6.07) is 7.29. The van der Waals surface area contributed by atoms with Gasteiger partial charge in [0.25, 0.3) is 0 Å². The normalized spacial score (nSPS) is 10.1. The average Bonchev–Trinajstić information content (AvgIpc) is 2.30. The summed E-state index contributed by atoms with van der Waals surface area (Å²) in [5, 5.41) is 0. The van der Waals surface area contributed by atoms with Gasteiger partial charge in [0.15, 0.2) is 0 Å². The van der Waals surface area contributed by atoms with Crippen molar-refractivity contribution in [3.63, 3.8) is 0 Å². The number of nitrogen functional groups attached to an aromatic ring is 2. The summed E-state index contributed by atoms with van der Waals surface area (Å²) in [6.45, 7) is 0. The zero-order valence-electron chi connectivity index (χ0n) is 8.84. The van der Waals surface area contributed by atoms with Crippen LogP contribution in [-0.4, -0.2) is 17.1 Å². The summed E-state index contributed by atoms with van der Waals surface area (Å²) >= 11 is 0. The van der Waals surface area contributed by atoms with Gasteiger partial charge in [-0.15, -0.1) is 0 Å². The molecule has 0 bridgehead atoms. The van der Waals surface area contributed by atoms with E-state index in [-0.39, 0.29) is 0 Å². The van der Waals surface area contributed by atoms with Crippen LogP contribution in [0.15, 0.2) is 30.6 Å². The topological polar surface area (TPSA) is 87.0 Å². The predicted molar refractivity (Wildman–Crippen MR) is 62.8 cm³/mol. The van der Waals surface area contributed by atoms with E-state index in [9.17, 15) is 0 Å². The summed E-state index contributed by atoms with van der Waals surface area (Å²) in [7, 11) is 1.54. The third kappa shape index (κ3) is 1.75. The molecular weight excluding hydrogens is 204 g/mol. The molecule has 0 atom stereocenters. The standard InChI is InChI=1S/C11H12N4O/c1-16-11-9(10(13)14-6-15-11)7-2-4-8(12)5-3-7/h2-6H,12H2,1H3,(H2,13,14,15). The molecule has 0 saturated carbocycles. The van der Waals surface area contributed by atoms with Gasteiger partial charge < -0.3 is 16.2 Å². The van der Waals surface area contributed by atoms with Crippen LogP contribution in [0.3, 0.4) is 0 Å². The van der Waals surface area contributed by atoms with Crippen molar-refractivity contribution in [1.82, 2.24) is 9.97 Å². The third-order valence-corrected chi connectivity index (χ3v) is 2.23. The summed E-state index contributed by atoms with van der Waals surface area (Å²) in [4.78, 5) is 7.95. The van der Waals surface area contributed by atoms with Crippen LogP contribution in [0.5, 0.6) is 5.88 Å². The Morgan fingerprint density at radius 2 is 1.75 bits per heavy atom. The Labute approximate surface area is 93.1 Å². The zero-order chi connectivity index (χ0) is 11.5. The molecule has 0 aliphatic rings. The van der Waals surface area contributed by atoms with Gasteiger partial charge in [-0.05, 0) is 17.7 Å². The van der Waals surface area contributed by atoms with Crippen LogP contribution in [0.1, 0.15) is 0 Å². The van der Waals surface area contributed by atoms with Crippen LogP contribution < -0.4 is 16.2 Å². The number of hydrogen-bond donors (Lipinski definition) is 2. The molecule has 0 spiro atoms. The van der Waals surface area contributed by atoms with Crippen LogP contribution in [0.2, 0.25) is 0 Å². The van der Waals surface area contributed by atoms with Crippen LogP contribution in [0.25, 0.3) is 11.1 Å². The maximum atomic E-state index is 5.80. The highest BCUT2D eigenvalue weighted by atomic mass is 16.5. The number of anilines is 2. The Morgan fingerprint density at radius 1 is 1.06 bits per heavy atom. The molecular formula is C11H12N4O. The van der Waals surface area contributed by atoms with Crippen LogP contribution in [0, 0.1) is 0 Å². The Kier molecular flexibility index (Phi) is 2.59. The van der Waals surface area contributed by atoms with Crippen molar-refractivity contribution in [2.45, 2.75) is 0 Å². The summed E-state index contributed by atoms with van der Waals surface area (Å²) < 4.78 is 5.15. The molecule has 2 aromatic rings. The lowest BCUT2D eigenvalue weighted by molar-refractivity contribution is 0.399. The smallest absolute Gasteiger partial charge is 0.226 e. The molecule has 0 amide bonds. The SMILES string of the molecule is COc1ncnc(N)c1-c1ccc(N)cc1. The lowest BCUT2D eigenvalue weighted by Gasteiger charge is -2.09. The van der Waals surface area contributed by atoms with Gasteiger partial charge in [-0.25, -0.2) is 9.97 Å². The van der Waals surface area contributed by atoms with Crippen LogP contribution in [-0.2, 0) is 0 Å². The Bertz CT molecular complexity index is 496. The van der Waals surface area contributed by atoms with Gasteiger partial charge in [0, 0.05) is 5.69 Å². The predicted octanol–water partition coefficient (Wildman–Crippen LogP) is 1.32. The first kappa shape index (κ1) is 10.2. The molecule has 4 N–H and O–H groups in total. The minimum atomic E-state index is 0.386. The van der Waals surface area contributed by atoms with Crippen LogP contribution in [0.4, 0.5) is 11.5 Å². The molecule has 82 valence electrons.